The number of H-pyrrole nitrogens is 1. The number of piperidine rings is 1. The first-order chi connectivity index (χ1) is 18.2. The third-order valence-electron chi connectivity index (χ3n) is 6.78. The van der Waals surface area contributed by atoms with Gasteiger partial charge in [0.1, 0.15) is 6.04 Å². The topological polar surface area (TPSA) is 115 Å². The highest BCUT2D eigenvalue weighted by atomic mass is 19.4. The van der Waals surface area contributed by atoms with Gasteiger partial charge in [0.25, 0.3) is 0 Å². The van der Waals surface area contributed by atoms with Crippen molar-refractivity contribution in [3.8, 4) is 0 Å². The van der Waals surface area contributed by atoms with Crippen LogP contribution in [0.4, 0.5) is 32.3 Å². The zero-order chi connectivity index (χ0) is 28.6. The molecule has 1 fully saturated rings. The number of benzene rings is 2. The first kappa shape index (κ1) is 28.3. The van der Waals surface area contributed by atoms with E-state index in [-0.39, 0.29) is 37.6 Å². The molecule has 0 amide bonds. The maximum absolute atomic E-state index is 13.3. The second-order valence-electron chi connectivity index (χ2n) is 9.27. The Morgan fingerprint density at radius 3 is 2.26 bits per heavy atom. The molecule has 2 heterocycles. The summed E-state index contributed by atoms with van der Waals surface area (Å²) in [6, 6.07) is 9.50. The Labute approximate surface area is 216 Å². The third kappa shape index (κ3) is 5.98. The van der Waals surface area contributed by atoms with Gasteiger partial charge in [-0.05, 0) is 54.0 Å². The summed E-state index contributed by atoms with van der Waals surface area (Å²) in [5.74, 6) is -0.645. The van der Waals surface area contributed by atoms with Gasteiger partial charge in [0.15, 0.2) is 0 Å². The number of nitrogens with zero attached hydrogens (tertiary/aromatic N) is 3. The maximum atomic E-state index is 13.3. The molecule has 1 saturated heterocycles. The van der Waals surface area contributed by atoms with E-state index >= 15 is 0 Å². The Balaban J connectivity index is 1.60. The molecule has 0 aliphatic carbocycles. The second-order valence-corrected chi connectivity index (χ2v) is 9.27. The fraction of sp³-hybridized carbons (Fsp3) is 0.417. The molecule has 9 nitrogen and oxygen atoms in total. The average Bonchev–Trinajstić information content (AvgIpc) is 3.28. The molecule has 3 aromatic rings. The molecule has 1 aromatic heterocycles. The second kappa shape index (κ2) is 10.4. The zero-order valence-corrected chi connectivity index (χ0v) is 20.3. The van der Waals surface area contributed by atoms with Crippen molar-refractivity contribution in [1.29, 1.82) is 0 Å². The molecule has 3 atom stereocenters. The molecule has 4 rings (SSSR count). The fourth-order valence-corrected chi connectivity index (χ4v) is 4.68. The Morgan fingerprint density at radius 2 is 1.74 bits per heavy atom. The Bertz CT molecular complexity index is 1350. The number of alkyl halides is 6. The van der Waals surface area contributed by atoms with Crippen LogP contribution < -0.4 is 11.0 Å². The number of halogens is 6. The molecule has 39 heavy (non-hydrogen) atoms. The summed E-state index contributed by atoms with van der Waals surface area (Å²) in [6.07, 6.45) is -10.6. The molecule has 15 heteroatoms. The van der Waals surface area contributed by atoms with Gasteiger partial charge >= 0.3 is 24.0 Å². The smallest absolute Gasteiger partial charge is 0.390 e. The van der Waals surface area contributed by atoms with Gasteiger partial charge in [-0.1, -0.05) is 30.3 Å². The van der Waals surface area contributed by atoms with Crippen molar-refractivity contribution >= 4 is 5.95 Å². The molecule has 1 aliphatic rings. The molecule has 0 bridgehead atoms. The Kier molecular flexibility index (Phi) is 7.58. The highest BCUT2D eigenvalue weighted by molar-refractivity contribution is 5.35. The van der Waals surface area contributed by atoms with Gasteiger partial charge in [-0.25, -0.2) is 4.79 Å². The van der Waals surface area contributed by atoms with Gasteiger partial charge in [-0.2, -0.15) is 30.9 Å². The van der Waals surface area contributed by atoms with Crippen molar-refractivity contribution in [3.63, 3.8) is 0 Å². The largest absolute Gasteiger partial charge is 0.459 e. The van der Waals surface area contributed by atoms with Crippen LogP contribution in [0, 0.1) is 10.1 Å². The number of hydrogen-bond donors (Lipinski definition) is 2. The summed E-state index contributed by atoms with van der Waals surface area (Å²) in [6.45, 7) is 1.29. The SMILES string of the molecule is C[C@@H](OC[C@@]1(c2ccccc2)CCC(n2c([N+](=O)[O-])n[nH]c2=O)CN1)c1cc(C(F)(F)F)cc(C(F)(F)F)c1. The number of aromatic amines is 1. The van der Waals surface area contributed by atoms with E-state index in [2.05, 4.69) is 15.5 Å². The Hall–Kier alpha value is -3.72. The van der Waals surface area contributed by atoms with E-state index in [4.69, 9.17) is 4.74 Å². The number of rotatable bonds is 7. The van der Waals surface area contributed by atoms with Crippen LogP contribution in [-0.2, 0) is 22.6 Å². The molecule has 1 unspecified atom stereocenters. The molecule has 0 spiro atoms. The summed E-state index contributed by atoms with van der Waals surface area (Å²) in [4.78, 5) is 22.7. The van der Waals surface area contributed by atoms with Crippen LogP contribution in [0.25, 0.3) is 0 Å². The van der Waals surface area contributed by atoms with Gasteiger partial charge in [-0.15, -0.1) is 5.10 Å². The van der Waals surface area contributed by atoms with E-state index < -0.39 is 57.7 Å². The van der Waals surface area contributed by atoms with Gasteiger partial charge in [0.2, 0.25) is 0 Å². The van der Waals surface area contributed by atoms with Crippen molar-refractivity contribution in [2.45, 2.75) is 49.8 Å². The predicted molar refractivity (Wildman–Crippen MR) is 125 cm³/mol. The van der Waals surface area contributed by atoms with Crippen LogP contribution in [0.15, 0.2) is 53.3 Å². The highest BCUT2D eigenvalue weighted by Gasteiger charge is 2.42. The first-order valence-corrected chi connectivity index (χ1v) is 11.7. The van der Waals surface area contributed by atoms with Crippen LogP contribution in [0.1, 0.15) is 54.2 Å². The minimum atomic E-state index is -4.99. The monoisotopic (exact) mass is 559 g/mol. The fourth-order valence-electron chi connectivity index (χ4n) is 4.68. The summed E-state index contributed by atoms with van der Waals surface area (Å²) in [7, 11) is 0. The number of nitro groups is 1. The molecule has 0 saturated carbocycles. The van der Waals surface area contributed by atoms with Crippen LogP contribution in [0.3, 0.4) is 0 Å². The average molecular weight is 559 g/mol. The van der Waals surface area contributed by atoms with E-state index in [9.17, 15) is 41.3 Å². The first-order valence-electron chi connectivity index (χ1n) is 11.7. The summed E-state index contributed by atoms with van der Waals surface area (Å²) in [5, 5.41) is 20.0. The molecule has 1 aliphatic heterocycles. The van der Waals surface area contributed by atoms with Gasteiger partial charge in [0.05, 0.1) is 29.4 Å². The van der Waals surface area contributed by atoms with Gasteiger partial charge < -0.3 is 20.2 Å². The molecular weight excluding hydrogens is 536 g/mol. The van der Waals surface area contributed by atoms with Crippen molar-refractivity contribution < 1.29 is 36.0 Å². The van der Waals surface area contributed by atoms with E-state index in [1.54, 1.807) is 30.3 Å². The van der Waals surface area contributed by atoms with Crippen molar-refractivity contribution in [2.75, 3.05) is 13.2 Å². The number of hydrogen-bond acceptors (Lipinski definition) is 6. The van der Waals surface area contributed by atoms with Crippen molar-refractivity contribution in [3.05, 3.63) is 91.4 Å². The molecule has 2 N–H and O–H groups in total. The number of nitrogens with one attached hydrogen (secondary N) is 2. The van der Waals surface area contributed by atoms with Crippen LogP contribution in [0.5, 0.6) is 0 Å². The molecular formula is C24H23F6N5O4. The van der Waals surface area contributed by atoms with E-state index in [1.165, 1.54) is 6.92 Å². The standard InChI is InChI=1S/C24H23F6N5O4/c1-14(15-9-17(23(25,26)27)11-18(10-15)24(28,29)30)39-13-22(16-5-3-2-4-6-16)8-7-19(12-31-22)34-20(35(37)38)32-33-21(34)36/h2-6,9-11,14,19,31H,7-8,12-13H2,1H3,(H,33,36)/t14-,19?,22-/m1/s1. The van der Waals surface area contributed by atoms with Crippen molar-refractivity contribution in [2.24, 2.45) is 0 Å². The summed E-state index contributed by atoms with van der Waals surface area (Å²) >= 11 is 0. The zero-order valence-electron chi connectivity index (χ0n) is 20.3. The number of aromatic nitrogens is 3. The van der Waals surface area contributed by atoms with Crippen molar-refractivity contribution in [1.82, 2.24) is 20.1 Å². The normalized spacial score (nSPS) is 21.1. The maximum Gasteiger partial charge on any atom is 0.459 e. The van der Waals surface area contributed by atoms with Crippen LogP contribution >= 0.6 is 0 Å². The summed E-state index contributed by atoms with van der Waals surface area (Å²) < 4.78 is 86.8. The quantitative estimate of drug-likeness (QED) is 0.236. The van der Waals surface area contributed by atoms with E-state index in [0.717, 1.165) is 10.1 Å². The highest BCUT2D eigenvalue weighted by Crippen LogP contribution is 2.39. The summed E-state index contributed by atoms with van der Waals surface area (Å²) in [5.41, 5.74) is -4.14. The van der Waals surface area contributed by atoms with E-state index in [1.807, 2.05) is 0 Å². The van der Waals surface area contributed by atoms with Gasteiger partial charge in [0, 0.05) is 11.6 Å². The predicted octanol–water partition coefficient (Wildman–Crippen LogP) is 5.12. The lowest BCUT2D eigenvalue weighted by atomic mass is 9.81. The minimum Gasteiger partial charge on any atom is -0.390 e. The Morgan fingerprint density at radius 1 is 1.13 bits per heavy atom. The molecule has 0 radical (unpaired) electrons. The molecule has 2 aromatic carbocycles. The third-order valence-corrected chi connectivity index (χ3v) is 6.78. The van der Waals surface area contributed by atoms with Gasteiger partial charge in [-0.3, -0.25) is 0 Å². The van der Waals surface area contributed by atoms with E-state index in [0.29, 0.717) is 12.1 Å². The molecule has 210 valence electrons. The lowest BCUT2D eigenvalue weighted by Crippen LogP contribution is -2.53. The lowest BCUT2D eigenvalue weighted by Gasteiger charge is -2.41. The minimum absolute atomic E-state index is 0.0571. The number of ether oxygens (including phenoxy) is 1. The lowest BCUT2D eigenvalue weighted by molar-refractivity contribution is -0.397. The van der Waals surface area contributed by atoms with Crippen LogP contribution in [-0.4, -0.2) is 32.8 Å². The van der Waals surface area contributed by atoms with Crippen LogP contribution in [0.2, 0.25) is 0 Å².